The molecular weight excluding hydrogens is 391 g/mol. The van der Waals surface area contributed by atoms with Crippen LogP contribution >= 0.6 is 0 Å². The highest BCUT2D eigenvalue weighted by Gasteiger charge is 2.37. The van der Waals surface area contributed by atoms with E-state index in [9.17, 15) is 19.2 Å². The van der Waals surface area contributed by atoms with E-state index in [2.05, 4.69) is 21.3 Å². The molecule has 0 aromatic rings. The lowest BCUT2D eigenvalue weighted by molar-refractivity contribution is -0.135. The molecule has 30 heavy (non-hydrogen) atoms. The number of nitrogens with one attached hydrogen (secondary N) is 4. The van der Waals surface area contributed by atoms with Crippen LogP contribution in [0.3, 0.4) is 0 Å². The fourth-order valence-corrected chi connectivity index (χ4v) is 3.46. The number of hydrogen-bond donors (Lipinski definition) is 6. The van der Waals surface area contributed by atoms with Crippen molar-refractivity contribution >= 4 is 30.7 Å². The molecule has 1 rings (SSSR count). The molecule has 0 aromatic carbocycles. The molecule has 0 aliphatic heterocycles. The van der Waals surface area contributed by atoms with Crippen LogP contribution in [0.25, 0.3) is 0 Å². The van der Waals surface area contributed by atoms with Gasteiger partial charge in [-0.3, -0.25) is 19.2 Å². The summed E-state index contributed by atoms with van der Waals surface area (Å²) < 4.78 is 0. The molecule has 0 aromatic heterocycles. The van der Waals surface area contributed by atoms with Crippen molar-refractivity contribution in [2.75, 3.05) is 6.54 Å². The molecule has 0 bridgehead atoms. The van der Waals surface area contributed by atoms with Crippen LogP contribution in [-0.4, -0.2) is 65.4 Å². The predicted molar refractivity (Wildman–Crippen MR) is 112 cm³/mol. The van der Waals surface area contributed by atoms with Gasteiger partial charge in [0.2, 0.25) is 23.6 Å². The average Bonchev–Trinajstić information content (AvgIpc) is 3.15. The van der Waals surface area contributed by atoms with Gasteiger partial charge in [0.15, 0.2) is 0 Å². The van der Waals surface area contributed by atoms with E-state index in [4.69, 9.17) is 10.0 Å². The highest BCUT2D eigenvalue weighted by Crippen LogP contribution is 2.28. The van der Waals surface area contributed by atoms with E-state index in [-0.39, 0.29) is 18.4 Å². The first-order valence-corrected chi connectivity index (χ1v) is 10.3. The van der Waals surface area contributed by atoms with Crippen molar-refractivity contribution < 1.29 is 29.2 Å². The van der Waals surface area contributed by atoms with Gasteiger partial charge in [0, 0.05) is 6.92 Å². The fourth-order valence-electron chi connectivity index (χ4n) is 3.46. The van der Waals surface area contributed by atoms with Gasteiger partial charge in [0.1, 0.15) is 12.1 Å². The monoisotopic (exact) mass is 426 g/mol. The minimum absolute atomic E-state index is 0.0229. The lowest BCUT2D eigenvalue weighted by Gasteiger charge is -2.33. The molecule has 1 fully saturated rings. The lowest BCUT2D eigenvalue weighted by Crippen LogP contribution is -2.59. The average molecular weight is 426 g/mol. The largest absolute Gasteiger partial charge is 0.475 e. The second kappa shape index (κ2) is 11.3. The van der Waals surface area contributed by atoms with Crippen LogP contribution in [0.1, 0.15) is 60.3 Å². The van der Waals surface area contributed by atoms with Gasteiger partial charge < -0.3 is 31.3 Å². The van der Waals surface area contributed by atoms with Crippen LogP contribution in [0.2, 0.25) is 0 Å². The van der Waals surface area contributed by atoms with E-state index in [0.717, 1.165) is 25.7 Å². The minimum atomic E-state index is -1.72. The molecule has 0 saturated heterocycles. The molecule has 0 radical (unpaired) electrons. The summed E-state index contributed by atoms with van der Waals surface area (Å²) in [5, 5.41) is 28.3. The Morgan fingerprint density at radius 1 is 1.00 bits per heavy atom. The Morgan fingerprint density at radius 2 is 1.57 bits per heavy atom. The van der Waals surface area contributed by atoms with Crippen LogP contribution in [0.5, 0.6) is 0 Å². The standard InChI is InChI=1S/C19H35BN4O6/c1-11(20(29)30)22-14(26)10-21-18(28)16(19(3,4)5)24-17(27)15(23-12(2)25)13-8-6-7-9-13/h11,13,15-16,29-30H,6-10H2,1-5H3,(H,21,28)(H,22,26)(H,23,25)(H,24,27)/t11-,15-,16+/m0/s1. The predicted octanol–water partition coefficient (Wildman–Crippen LogP) is -1.15. The maximum Gasteiger partial charge on any atom is 0.475 e. The number of carbonyl (C=O) groups excluding carboxylic acids is 4. The zero-order valence-electron chi connectivity index (χ0n) is 18.4. The van der Waals surface area contributed by atoms with Gasteiger partial charge in [-0.05, 0) is 31.1 Å². The van der Waals surface area contributed by atoms with Gasteiger partial charge in [0.05, 0.1) is 12.5 Å². The first-order valence-electron chi connectivity index (χ1n) is 10.3. The summed E-state index contributed by atoms with van der Waals surface area (Å²) in [5.74, 6) is -2.74. The van der Waals surface area contributed by atoms with Crippen molar-refractivity contribution in [3.8, 4) is 0 Å². The minimum Gasteiger partial charge on any atom is -0.426 e. The van der Waals surface area contributed by atoms with Crippen molar-refractivity contribution in [2.45, 2.75) is 78.3 Å². The first-order chi connectivity index (χ1) is 13.8. The van der Waals surface area contributed by atoms with E-state index in [1.807, 2.05) is 0 Å². The van der Waals surface area contributed by atoms with Crippen LogP contribution in [0, 0.1) is 11.3 Å². The Morgan fingerprint density at radius 3 is 2.03 bits per heavy atom. The normalized spacial score (nSPS) is 17.4. The van der Waals surface area contributed by atoms with Crippen molar-refractivity contribution in [1.29, 1.82) is 0 Å². The summed E-state index contributed by atoms with van der Waals surface area (Å²) in [6.45, 7) is 7.73. The van der Waals surface area contributed by atoms with Crippen LogP contribution in [0.15, 0.2) is 0 Å². The molecule has 0 unspecified atom stereocenters. The molecule has 170 valence electrons. The lowest BCUT2D eigenvalue weighted by atomic mass is 9.81. The van der Waals surface area contributed by atoms with Crippen molar-refractivity contribution in [3.05, 3.63) is 0 Å². The molecule has 6 N–H and O–H groups in total. The molecule has 4 amide bonds. The topological polar surface area (TPSA) is 157 Å². The van der Waals surface area contributed by atoms with Gasteiger partial charge in [-0.1, -0.05) is 33.6 Å². The van der Waals surface area contributed by atoms with Gasteiger partial charge in [-0.2, -0.15) is 0 Å². The number of carbonyl (C=O) groups is 4. The van der Waals surface area contributed by atoms with E-state index in [1.165, 1.54) is 13.8 Å². The second-order valence-corrected chi connectivity index (χ2v) is 9.02. The number of hydrogen-bond acceptors (Lipinski definition) is 6. The van der Waals surface area contributed by atoms with E-state index in [0.29, 0.717) is 0 Å². The highest BCUT2D eigenvalue weighted by atomic mass is 16.4. The third-order valence-electron chi connectivity index (χ3n) is 5.19. The molecule has 3 atom stereocenters. The summed E-state index contributed by atoms with van der Waals surface area (Å²) in [4.78, 5) is 49.1. The third-order valence-corrected chi connectivity index (χ3v) is 5.19. The summed E-state index contributed by atoms with van der Waals surface area (Å²) >= 11 is 0. The van der Waals surface area contributed by atoms with Crippen molar-refractivity contribution in [2.24, 2.45) is 11.3 Å². The fraction of sp³-hybridized carbons (Fsp3) is 0.789. The zero-order chi connectivity index (χ0) is 23.1. The van der Waals surface area contributed by atoms with Gasteiger partial charge >= 0.3 is 7.12 Å². The second-order valence-electron chi connectivity index (χ2n) is 9.02. The third kappa shape index (κ3) is 8.31. The SMILES string of the molecule is CC(=O)N[C@H](C(=O)N[C@H](C(=O)NCC(=O)N[C@@H](C)B(O)O)C(C)(C)C)C1CCCC1. The first kappa shape index (κ1) is 25.9. The quantitative estimate of drug-likeness (QED) is 0.256. The number of rotatable bonds is 9. The molecule has 1 saturated carbocycles. The Hall–Kier alpha value is -2.14. The maximum absolute atomic E-state index is 12.9. The maximum atomic E-state index is 12.9. The molecule has 10 nitrogen and oxygen atoms in total. The summed E-state index contributed by atoms with van der Waals surface area (Å²) in [6, 6.07) is -1.64. The Kier molecular flexibility index (Phi) is 9.76. The van der Waals surface area contributed by atoms with Crippen molar-refractivity contribution in [3.63, 3.8) is 0 Å². The Bertz CT molecular complexity index is 631. The van der Waals surface area contributed by atoms with E-state index < -0.39 is 48.3 Å². The van der Waals surface area contributed by atoms with Crippen LogP contribution < -0.4 is 21.3 Å². The summed E-state index contributed by atoms with van der Waals surface area (Å²) in [5.41, 5.74) is -0.652. The molecule has 1 aliphatic rings. The molecule has 11 heteroatoms. The van der Waals surface area contributed by atoms with E-state index >= 15 is 0 Å². The van der Waals surface area contributed by atoms with Gasteiger partial charge in [-0.15, -0.1) is 0 Å². The highest BCUT2D eigenvalue weighted by molar-refractivity contribution is 6.43. The van der Waals surface area contributed by atoms with Gasteiger partial charge in [-0.25, -0.2) is 0 Å². The molecule has 0 spiro atoms. The van der Waals surface area contributed by atoms with Gasteiger partial charge in [0.25, 0.3) is 0 Å². The van der Waals surface area contributed by atoms with Crippen LogP contribution in [0.4, 0.5) is 0 Å². The summed E-state index contributed by atoms with van der Waals surface area (Å²) in [6.07, 6.45) is 3.65. The molecule has 0 heterocycles. The van der Waals surface area contributed by atoms with E-state index in [1.54, 1.807) is 20.8 Å². The smallest absolute Gasteiger partial charge is 0.426 e. The molecule has 1 aliphatic carbocycles. The molecular formula is C19H35BN4O6. The zero-order valence-corrected chi connectivity index (χ0v) is 18.4. The van der Waals surface area contributed by atoms with Crippen LogP contribution in [-0.2, 0) is 19.2 Å². The number of amides is 4. The Balaban J connectivity index is 2.80. The Labute approximate surface area is 178 Å². The van der Waals surface area contributed by atoms with Crippen molar-refractivity contribution in [1.82, 2.24) is 21.3 Å². The summed E-state index contributed by atoms with van der Waals surface area (Å²) in [7, 11) is -1.72.